The first-order valence-electron chi connectivity index (χ1n) is 5.84. The van der Waals surface area contributed by atoms with Crippen molar-refractivity contribution in [2.24, 2.45) is 5.73 Å². The molecule has 0 fully saturated rings. The van der Waals surface area contributed by atoms with Crippen molar-refractivity contribution in [1.82, 2.24) is 4.98 Å². The average Bonchev–Trinajstić information content (AvgIpc) is 2.37. The molecule has 0 aliphatic heterocycles. The predicted octanol–water partition coefficient (Wildman–Crippen LogP) is 3.60. The summed E-state index contributed by atoms with van der Waals surface area (Å²) in [5, 5.41) is 0. The minimum absolute atomic E-state index is 0.299. The highest BCUT2D eigenvalue weighted by molar-refractivity contribution is 5.35. The molecule has 0 saturated heterocycles. The van der Waals surface area contributed by atoms with E-state index in [2.05, 4.69) is 4.98 Å². The maximum absolute atomic E-state index is 13.0. The second-order valence-corrected chi connectivity index (χ2v) is 4.45. The van der Waals surface area contributed by atoms with Crippen molar-refractivity contribution < 1.29 is 17.6 Å². The number of hydrogen-bond acceptors (Lipinski definition) is 2. The van der Waals surface area contributed by atoms with Gasteiger partial charge in [-0.2, -0.15) is 13.2 Å². The summed E-state index contributed by atoms with van der Waals surface area (Å²) in [7, 11) is 0. The fourth-order valence-corrected chi connectivity index (χ4v) is 1.90. The largest absolute Gasteiger partial charge is 0.417 e. The molecule has 2 N–H and O–H groups in total. The summed E-state index contributed by atoms with van der Waals surface area (Å²) >= 11 is 0. The van der Waals surface area contributed by atoms with Crippen molar-refractivity contribution in [2.75, 3.05) is 0 Å². The molecule has 1 heterocycles. The highest BCUT2D eigenvalue weighted by Gasteiger charge is 2.30. The van der Waals surface area contributed by atoms with E-state index in [9.17, 15) is 17.6 Å². The van der Waals surface area contributed by atoms with E-state index in [1.807, 2.05) is 0 Å². The van der Waals surface area contributed by atoms with Crippen molar-refractivity contribution in [3.05, 3.63) is 64.7 Å². The van der Waals surface area contributed by atoms with Crippen LogP contribution in [0.1, 0.15) is 28.4 Å². The first-order valence-corrected chi connectivity index (χ1v) is 5.84. The summed E-state index contributed by atoms with van der Waals surface area (Å²) < 4.78 is 50.3. The second kappa shape index (κ2) is 5.20. The zero-order valence-electron chi connectivity index (χ0n) is 10.6. The van der Waals surface area contributed by atoms with Crippen molar-refractivity contribution in [3.8, 4) is 0 Å². The zero-order valence-corrected chi connectivity index (χ0v) is 10.6. The Bertz CT molecular complexity index is 606. The molecule has 0 bridgehead atoms. The van der Waals surface area contributed by atoms with E-state index in [0.29, 0.717) is 16.8 Å². The third-order valence-corrected chi connectivity index (χ3v) is 3.00. The molecule has 1 atom stereocenters. The van der Waals surface area contributed by atoms with Crippen molar-refractivity contribution in [3.63, 3.8) is 0 Å². The molecule has 0 aliphatic carbocycles. The lowest BCUT2D eigenvalue weighted by Gasteiger charge is -2.15. The number of nitrogens with zero attached hydrogens (tertiary/aromatic N) is 1. The van der Waals surface area contributed by atoms with Gasteiger partial charge in [-0.25, -0.2) is 4.39 Å². The van der Waals surface area contributed by atoms with E-state index in [4.69, 9.17) is 5.73 Å². The molecule has 2 rings (SSSR count). The number of pyridine rings is 1. The van der Waals surface area contributed by atoms with Crippen LogP contribution in [0.15, 0.2) is 36.5 Å². The zero-order chi connectivity index (χ0) is 14.9. The third kappa shape index (κ3) is 2.96. The van der Waals surface area contributed by atoms with E-state index in [0.717, 1.165) is 12.3 Å². The lowest BCUT2D eigenvalue weighted by Crippen LogP contribution is -2.16. The van der Waals surface area contributed by atoms with Gasteiger partial charge in [0.05, 0.1) is 17.3 Å². The first kappa shape index (κ1) is 14.5. The summed E-state index contributed by atoms with van der Waals surface area (Å²) in [5.74, 6) is -0.390. The van der Waals surface area contributed by atoms with Crippen molar-refractivity contribution >= 4 is 0 Å². The van der Waals surface area contributed by atoms with Crippen LogP contribution in [-0.2, 0) is 6.18 Å². The summed E-state index contributed by atoms with van der Waals surface area (Å²) in [5.41, 5.74) is 6.68. The van der Waals surface area contributed by atoms with Crippen LogP contribution in [0, 0.1) is 12.7 Å². The van der Waals surface area contributed by atoms with Crippen molar-refractivity contribution in [1.29, 1.82) is 0 Å². The molecule has 6 heteroatoms. The average molecular weight is 284 g/mol. The molecule has 0 radical (unpaired) electrons. The predicted molar refractivity (Wildman–Crippen MR) is 66.4 cm³/mol. The molecule has 1 aromatic heterocycles. The van der Waals surface area contributed by atoms with Crippen LogP contribution in [0.25, 0.3) is 0 Å². The van der Waals surface area contributed by atoms with E-state index in [1.165, 1.54) is 24.3 Å². The van der Waals surface area contributed by atoms with Gasteiger partial charge in [-0.05, 0) is 42.3 Å². The summed E-state index contributed by atoms with van der Waals surface area (Å²) in [6.45, 7) is 1.68. The van der Waals surface area contributed by atoms with Gasteiger partial charge in [0.1, 0.15) is 5.82 Å². The topological polar surface area (TPSA) is 38.9 Å². The molecule has 0 spiro atoms. The molecule has 2 aromatic rings. The second-order valence-electron chi connectivity index (χ2n) is 4.45. The fourth-order valence-electron chi connectivity index (χ4n) is 1.90. The van der Waals surface area contributed by atoms with Crippen LogP contribution in [-0.4, -0.2) is 4.98 Å². The third-order valence-electron chi connectivity index (χ3n) is 3.00. The lowest BCUT2D eigenvalue weighted by atomic mass is 9.99. The van der Waals surface area contributed by atoms with Gasteiger partial charge in [0.15, 0.2) is 0 Å². The van der Waals surface area contributed by atoms with E-state index in [-0.39, 0.29) is 5.82 Å². The number of aryl methyl sites for hydroxylation is 1. The van der Waals surface area contributed by atoms with E-state index < -0.39 is 17.8 Å². The van der Waals surface area contributed by atoms with Crippen LogP contribution in [0.4, 0.5) is 17.6 Å². The molecule has 1 aromatic carbocycles. The molecule has 1 unspecified atom stereocenters. The Morgan fingerprint density at radius 2 is 1.85 bits per heavy atom. The Balaban J connectivity index is 2.31. The Morgan fingerprint density at radius 1 is 1.15 bits per heavy atom. The summed E-state index contributed by atoms with van der Waals surface area (Å²) in [6, 6.07) is 5.55. The van der Waals surface area contributed by atoms with Crippen molar-refractivity contribution in [2.45, 2.75) is 19.1 Å². The van der Waals surface area contributed by atoms with E-state index >= 15 is 0 Å². The highest BCUT2D eigenvalue weighted by atomic mass is 19.4. The molecular weight excluding hydrogens is 272 g/mol. The first-order chi connectivity index (χ1) is 9.29. The molecule has 0 saturated carbocycles. The molecule has 0 amide bonds. The van der Waals surface area contributed by atoms with Gasteiger partial charge in [0, 0.05) is 6.20 Å². The number of halogens is 4. The standard InChI is InChI=1S/C14H12F4N2/c1-8-6-10(15)3-4-11(8)13(19)12-5-2-9(7-20-12)14(16,17)18/h2-7,13H,19H2,1H3. The molecule has 2 nitrogen and oxygen atoms in total. The Labute approximate surface area is 113 Å². The highest BCUT2D eigenvalue weighted by Crippen LogP contribution is 2.29. The molecule has 106 valence electrons. The van der Waals surface area contributed by atoms with Gasteiger partial charge in [0.2, 0.25) is 0 Å². The maximum Gasteiger partial charge on any atom is 0.417 e. The van der Waals surface area contributed by atoms with Crippen LogP contribution in [0.3, 0.4) is 0 Å². The molecule has 20 heavy (non-hydrogen) atoms. The number of rotatable bonds is 2. The lowest BCUT2D eigenvalue weighted by molar-refractivity contribution is -0.137. The van der Waals surface area contributed by atoms with Crippen LogP contribution >= 0.6 is 0 Å². The number of nitrogens with two attached hydrogens (primary N) is 1. The number of alkyl halides is 3. The Kier molecular flexibility index (Phi) is 3.76. The smallest absolute Gasteiger partial charge is 0.319 e. The Morgan fingerprint density at radius 3 is 2.35 bits per heavy atom. The fraction of sp³-hybridized carbons (Fsp3) is 0.214. The van der Waals surface area contributed by atoms with Gasteiger partial charge in [-0.1, -0.05) is 6.07 Å². The van der Waals surface area contributed by atoms with Gasteiger partial charge < -0.3 is 5.73 Å². The number of benzene rings is 1. The normalized spacial score (nSPS) is 13.3. The minimum Gasteiger partial charge on any atom is -0.319 e. The monoisotopic (exact) mass is 284 g/mol. The van der Waals surface area contributed by atoms with Crippen LogP contribution in [0.2, 0.25) is 0 Å². The maximum atomic E-state index is 13.0. The Hall–Kier alpha value is -1.95. The van der Waals surface area contributed by atoms with Crippen LogP contribution < -0.4 is 5.73 Å². The molecule has 0 aliphatic rings. The van der Waals surface area contributed by atoms with Gasteiger partial charge >= 0.3 is 6.18 Å². The summed E-state index contributed by atoms with van der Waals surface area (Å²) in [4.78, 5) is 3.75. The van der Waals surface area contributed by atoms with Gasteiger partial charge in [0.25, 0.3) is 0 Å². The van der Waals surface area contributed by atoms with Gasteiger partial charge in [-0.3, -0.25) is 4.98 Å². The number of aromatic nitrogens is 1. The number of hydrogen-bond donors (Lipinski definition) is 1. The van der Waals surface area contributed by atoms with E-state index in [1.54, 1.807) is 6.92 Å². The SMILES string of the molecule is Cc1cc(F)ccc1C(N)c1ccc(C(F)(F)F)cn1. The summed E-state index contributed by atoms with van der Waals surface area (Å²) in [6.07, 6.45) is -3.69. The van der Waals surface area contributed by atoms with Crippen LogP contribution in [0.5, 0.6) is 0 Å². The minimum atomic E-state index is -4.43. The molecular formula is C14H12F4N2. The van der Waals surface area contributed by atoms with Gasteiger partial charge in [-0.15, -0.1) is 0 Å². The quantitative estimate of drug-likeness (QED) is 0.856.